The van der Waals surface area contributed by atoms with Crippen molar-refractivity contribution < 1.29 is 117 Å². The number of unbranched alkanes of at least 4 members (excludes halogenated alkanes) is 32. The summed E-state index contributed by atoms with van der Waals surface area (Å²) in [6.45, 7) is 5.76. The van der Waals surface area contributed by atoms with Crippen LogP contribution in [-0.4, -0.2) is 204 Å². The fourth-order valence-corrected chi connectivity index (χ4v) is 13.8. The van der Waals surface area contributed by atoms with Gasteiger partial charge in [-0.1, -0.05) is 245 Å². The topological polar surface area (TPSA) is 374 Å². The Morgan fingerprint density at radius 1 is 0.418 bits per heavy atom. The maximum atomic E-state index is 14.3. The highest BCUT2D eigenvalue weighted by Crippen LogP contribution is 2.49. The first-order valence-electron chi connectivity index (χ1n) is 38.4. The van der Waals surface area contributed by atoms with Gasteiger partial charge in [0.15, 0.2) is 18.7 Å². The minimum atomic E-state index is -5.69. The Morgan fingerprint density at radius 2 is 0.776 bits per heavy atom. The van der Waals surface area contributed by atoms with E-state index in [9.17, 15) is 74.9 Å². The molecule has 0 amide bonds. The summed E-state index contributed by atoms with van der Waals surface area (Å²) in [6, 6.07) is 0. The molecule has 3 rings (SSSR count). The summed E-state index contributed by atoms with van der Waals surface area (Å²) in [5.41, 5.74) is 0. The molecule has 1 aliphatic carbocycles. The molecule has 0 aromatic rings. The van der Waals surface area contributed by atoms with Crippen molar-refractivity contribution in [1.29, 1.82) is 0 Å². The van der Waals surface area contributed by atoms with Gasteiger partial charge in [-0.25, -0.2) is 4.57 Å². The molecule has 2 heterocycles. The molecule has 0 bridgehead atoms. The van der Waals surface area contributed by atoms with E-state index in [0.29, 0.717) is 25.2 Å². The zero-order chi connectivity index (χ0) is 71.9. The van der Waals surface area contributed by atoms with Crippen molar-refractivity contribution in [3.8, 4) is 0 Å². The molecule has 11 N–H and O–H groups in total. The second kappa shape index (κ2) is 54.3. The van der Waals surface area contributed by atoms with Crippen LogP contribution < -0.4 is 0 Å². The number of phosphoric acid groups is 1. The van der Waals surface area contributed by atoms with Crippen molar-refractivity contribution in [2.45, 2.75) is 402 Å². The summed E-state index contributed by atoms with van der Waals surface area (Å²) < 4.78 is 65.1. The fourth-order valence-electron chi connectivity index (χ4n) is 12.8. The van der Waals surface area contributed by atoms with Gasteiger partial charge in [0.2, 0.25) is 0 Å². The van der Waals surface area contributed by atoms with Crippen LogP contribution in [0, 0.1) is 5.92 Å². The largest absolute Gasteiger partial charge is 0.472 e. The first kappa shape index (κ1) is 89.9. The van der Waals surface area contributed by atoms with E-state index in [1.165, 1.54) is 116 Å². The summed E-state index contributed by atoms with van der Waals surface area (Å²) in [5, 5.41) is 110. The highest BCUT2D eigenvalue weighted by atomic mass is 31.2. The molecule has 24 nitrogen and oxygen atoms in total. The number of allylic oxidation sites excluding steroid dienone is 2. The van der Waals surface area contributed by atoms with E-state index in [1.807, 2.05) is 0 Å². The smallest absolute Gasteiger partial charge is 0.463 e. The zero-order valence-electron chi connectivity index (χ0n) is 60.2. The van der Waals surface area contributed by atoms with E-state index in [0.717, 1.165) is 116 Å². The van der Waals surface area contributed by atoms with Crippen molar-refractivity contribution in [3.05, 3.63) is 12.2 Å². The lowest BCUT2D eigenvalue weighted by Gasteiger charge is -2.49. The molecule has 19 atom stereocenters. The summed E-state index contributed by atoms with van der Waals surface area (Å²) in [6.07, 6.45) is 11.4. The van der Waals surface area contributed by atoms with Gasteiger partial charge >= 0.3 is 25.7 Å². The van der Waals surface area contributed by atoms with Crippen LogP contribution in [0.1, 0.15) is 297 Å². The van der Waals surface area contributed by atoms with Gasteiger partial charge in [0, 0.05) is 19.3 Å². The minimum absolute atomic E-state index is 0.0244. The van der Waals surface area contributed by atoms with Crippen molar-refractivity contribution in [3.63, 3.8) is 0 Å². The number of carbonyl (C=O) groups is 3. The highest BCUT2D eigenvalue weighted by molar-refractivity contribution is 7.47. The second-order valence-corrected chi connectivity index (χ2v) is 29.4. The Labute approximate surface area is 586 Å². The van der Waals surface area contributed by atoms with Crippen LogP contribution in [0.2, 0.25) is 0 Å². The zero-order valence-corrected chi connectivity index (χ0v) is 61.1. The fraction of sp³-hybridized carbons (Fsp3) is 0.932. The van der Waals surface area contributed by atoms with Crippen LogP contribution in [0.25, 0.3) is 0 Å². The molecular weight excluding hydrogens is 1290 g/mol. The van der Waals surface area contributed by atoms with Crippen molar-refractivity contribution in [2.75, 3.05) is 26.4 Å². The molecule has 576 valence electrons. The van der Waals surface area contributed by atoms with Crippen LogP contribution in [0.3, 0.4) is 0 Å². The van der Waals surface area contributed by atoms with E-state index in [1.54, 1.807) is 0 Å². The number of ether oxygens (including phenoxy) is 7. The van der Waals surface area contributed by atoms with E-state index < -0.39 is 156 Å². The molecular formula is C73H135O24P. The Kier molecular flexibility index (Phi) is 49.9. The molecule has 2 saturated heterocycles. The van der Waals surface area contributed by atoms with Gasteiger partial charge in [-0.3, -0.25) is 23.4 Å². The standard InChI is InChI=1S/C73H135O24P/c1-5-8-11-14-17-19-21-23-24-25-27-28-30-36-42-47-58(76)90-52-56-61(79)63(81)68(86)73(94-56)96-70-66(84)64(82)65(83)69(95-72-67(85)62(80)60(78)55(49-74)93-72)71(70)97-98(87,88)91-51-54(92-59(77)48-43-38-31-29-26-22-20-18-15-12-9-6-2)50-89-57(75)46-41-37-33-32-35-40-45-53(4)44-39-34-16-13-10-7-3/h19,21,53-56,60-74,78-86H,5-18,20,22-52H2,1-4H3,(H,87,88)/b21-19-. The Bertz CT molecular complexity index is 2090. The number of esters is 3. The molecule has 0 radical (unpaired) electrons. The molecule has 2 aliphatic heterocycles. The van der Waals surface area contributed by atoms with E-state index in [2.05, 4.69) is 39.8 Å². The Morgan fingerprint density at radius 3 is 1.21 bits per heavy atom. The molecule has 0 aromatic carbocycles. The maximum absolute atomic E-state index is 14.3. The molecule has 0 aromatic heterocycles. The molecule has 98 heavy (non-hydrogen) atoms. The minimum Gasteiger partial charge on any atom is -0.463 e. The van der Waals surface area contributed by atoms with Gasteiger partial charge in [0.25, 0.3) is 0 Å². The third-order valence-corrected chi connectivity index (χ3v) is 20.2. The summed E-state index contributed by atoms with van der Waals surface area (Å²) in [7, 11) is -5.69. The van der Waals surface area contributed by atoms with Gasteiger partial charge < -0.3 is 89.1 Å². The van der Waals surface area contributed by atoms with Crippen molar-refractivity contribution in [2.24, 2.45) is 5.92 Å². The summed E-state index contributed by atoms with van der Waals surface area (Å²) in [5.74, 6) is -1.29. The van der Waals surface area contributed by atoms with Crippen LogP contribution in [-0.2, 0) is 61.2 Å². The number of carbonyl (C=O) groups excluding carboxylic acids is 3. The molecule has 19 unspecified atom stereocenters. The third-order valence-electron chi connectivity index (χ3n) is 19.2. The number of aliphatic hydroxyl groups is 10. The lowest BCUT2D eigenvalue weighted by atomic mass is 9.84. The summed E-state index contributed by atoms with van der Waals surface area (Å²) in [4.78, 5) is 51.0. The predicted octanol–water partition coefficient (Wildman–Crippen LogP) is 10.6. The quantitative estimate of drug-likeness (QED) is 0.00886. The first-order chi connectivity index (χ1) is 47.2. The lowest BCUT2D eigenvalue weighted by molar-refractivity contribution is -0.360. The molecule has 3 aliphatic rings. The monoisotopic (exact) mass is 1430 g/mol. The van der Waals surface area contributed by atoms with Crippen LogP contribution in [0.5, 0.6) is 0 Å². The highest BCUT2D eigenvalue weighted by Gasteiger charge is 2.58. The molecule has 0 spiro atoms. The average molecular weight is 1430 g/mol. The van der Waals surface area contributed by atoms with E-state index >= 15 is 0 Å². The maximum Gasteiger partial charge on any atom is 0.472 e. The molecule has 3 fully saturated rings. The van der Waals surface area contributed by atoms with Crippen molar-refractivity contribution in [1.82, 2.24) is 0 Å². The second-order valence-electron chi connectivity index (χ2n) is 28.0. The van der Waals surface area contributed by atoms with Crippen LogP contribution >= 0.6 is 7.82 Å². The third kappa shape index (κ3) is 37.4. The SMILES string of the molecule is CCCCCC/C=C\CCCCCCCCCC(=O)OCC1OC(OC2C(O)C(O)C(O)C(OC3OC(CO)C(O)C(O)C3O)C2OP(=O)(O)OCC(COC(=O)CCCCCCCCC(C)CCCCCCCC)OC(=O)CCCCCCCCCCCCCC)C(O)C(O)C1O. The summed E-state index contributed by atoms with van der Waals surface area (Å²) >= 11 is 0. The van der Waals surface area contributed by atoms with Gasteiger partial charge in [0.1, 0.15) is 98.7 Å². The average Bonchev–Trinajstić information content (AvgIpc) is 0.762. The number of hydrogen-bond donors (Lipinski definition) is 11. The molecule has 25 heteroatoms. The number of rotatable bonds is 59. The van der Waals surface area contributed by atoms with Crippen LogP contribution in [0.15, 0.2) is 12.2 Å². The van der Waals surface area contributed by atoms with Gasteiger partial charge in [-0.15, -0.1) is 0 Å². The number of phosphoric ester groups is 1. The normalized spacial score (nSPS) is 28.0. The van der Waals surface area contributed by atoms with Gasteiger partial charge in [0.05, 0.1) is 13.2 Å². The van der Waals surface area contributed by atoms with Crippen molar-refractivity contribution >= 4 is 25.7 Å². The Balaban J connectivity index is 1.73. The number of hydrogen-bond acceptors (Lipinski definition) is 23. The van der Waals surface area contributed by atoms with Crippen LogP contribution in [0.4, 0.5) is 0 Å². The predicted molar refractivity (Wildman–Crippen MR) is 370 cm³/mol. The molecule has 1 saturated carbocycles. The van der Waals surface area contributed by atoms with Gasteiger partial charge in [-0.05, 0) is 50.9 Å². The van der Waals surface area contributed by atoms with E-state index in [4.69, 9.17) is 42.2 Å². The first-order valence-corrected chi connectivity index (χ1v) is 39.9. The van der Waals surface area contributed by atoms with E-state index in [-0.39, 0.29) is 19.3 Å². The Hall–Kier alpha value is -2.30. The van der Waals surface area contributed by atoms with Gasteiger partial charge in [-0.2, -0.15) is 0 Å². The number of aliphatic hydroxyl groups excluding tert-OH is 10. The lowest BCUT2D eigenvalue weighted by Crippen LogP contribution is -2.69.